The second kappa shape index (κ2) is 4.50. The Morgan fingerprint density at radius 2 is 2.41 bits per heavy atom. The Balaban J connectivity index is 2.48. The third-order valence-electron chi connectivity index (χ3n) is 2.03. The van der Waals surface area contributed by atoms with Crippen LogP contribution in [-0.2, 0) is 11.8 Å². The molecule has 2 rings (SSSR count). The van der Waals surface area contributed by atoms with Crippen molar-refractivity contribution in [2.24, 2.45) is 7.05 Å². The van der Waals surface area contributed by atoms with E-state index in [1.807, 2.05) is 0 Å². The van der Waals surface area contributed by atoms with Crippen LogP contribution in [0.5, 0.6) is 0 Å². The van der Waals surface area contributed by atoms with Crippen LogP contribution in [0.15, 0.2) is 6.33 Å². The van der Waals surface area contributed by atoms with Gasteiger partial charge in [0.2, 0.25) is 0 Å². The van der Waals surface area contributed by atoms with Crippen molar-refractivity contribution in [2.75, 3.05) is 12.3 Å². The summed E-state index contributed by atoms with van der Waals surface area (Å²) in [6.45, 7) is 2.04. The third kappa shape index (κ3) is 2.11. The number of ether oxygens (including phenoxy) is 1. The lowest BCUT2D eigenvalue weighted by Gasteiger charge is -2.01. The maximum Gasteiger partial charge on any atom is 0.350 e. The van der Waals surface area contributed by atoms with Gasteiger partial charge in [-0.15, -0.1) is 0 Å². The van der Waals surface area contributed by atoms with Crippen LogP contribution < -0.4 is 5.73 Å². The summed E-state index contributed by atoms with van der Waals surface area (Å²) >= 11 is 1.08. The minimum atomic E-state index is -0.445. The van der Waals surface area contributed by atoms with Gasteiger partial charge in [-0.05, 0) is 6.92 Å². The van der Waals surface area contributed by atoms with Crippen molar-refractivity contribution in [3.63, 3.8) is 0 Å². The number of hydrogen-bond donors (Lipinski definition) is 1. The first-order chi connectivity index (χ1) is 8.13. The molecule has 90 valence electrons. The van der Waals surface area contributed by atoms with Crippen molar-refractivity contribution in [3.8, 4) is 11.5 Å². The maximum absolute atomic E-state index is 11.7. The van der Waals surface area contributed by atoms with Crippen LogP contribution in [0.4, 0.5) is 5.13 Å². The molecule has 0 aliphatic rings. The number of hydrogen-bond acceptors (Lipinski definition) is 7. The normalized spacial score (nSPS) is 10.5. The average molecular weight is 253 g/mol. The van der Waals surface area contributed by atoms with Crippen molar-refractivity contribution >= 4 is 22.4 Å². The van der Waals surface area contributed by atoms with Crippen molar-refractivity contribution in [2.45, 2.75) is 6.92 Å². The highest BCUT2D eigenvalue weighted by Gasteiger charge is 2.22. The molecule has 0 bridgehead atoms. The van der Waals surface area contributed by atoms with Crippen molar-refractivity contribution < 1.29 is 9.53 Å². The summed E-state index contributed by atoms with van der Waals surface area (Å²) in [4.78, 5) is 20.2. The Morgan fingerprint density at radius 1 is 1.65 bits per heavy atom. The molecule has 0 atom stereocenters. The number of thiazole rings is 1. The summed E-state index contributed by atoms with van der Waals surface area (Å²) in [6, 6.07) is 0. The molecular weight excluding hydrogens is 242 g/mol. The van der Waals surface area contributed by atoms with Crippen molar-refractivity contribution in [1.29, 1.82) is 0 Å². The van der Waals surface area contributed by atoms with Gasteiger partial charge < -0.3 is 10.5 Å². The van der Waals surface area contributed by atoms with Crippen LogP contribution in [0.1, 0.15) is 16.6 Å². The van der Waals surface area contributed by atoms with E-state index in [0.29, 0.717) is 28.1 Å². The number of nitrogens with two attached hydrogens (primary N) is 1. The van der Waals surface area contributed by atoms with E-state index in [2.05, 4.69) is 15.1 Å². The van der Waals surface area contributed by atoms with E-state index < -0.39 is 5.97 Å². The molecule has 8 heteroatoms. The Morgan fingerprint density at radius 3 is 3.00 bits per heavy atom. The average Bonchev–Trinajstić information content (AvgIpc) is 2.84. The van der Waals surface area contributed by atoms with Gasteiger partial charge in [-0.3, -0.25) is 0 Å². The molecule has 2 aromatic heterocycles. The molecule has 0 aromatic carbocycles. The van der Waals surface area contributed by atoms with E-state index in [4.69, 9.17) is 10.5 Å². The Bertz CT molecular complexity index is 547. The molecule has 0 amide bonds. The Kier molecular flexibility index (Phi) is 3.05. The predicted molar refractivity (Wildman–Crippen MR) is 62.5 cm³/mol. The number of aromatic nitrogens is 4. The largest absolute Gasteiger partial charge is 0.462 e. The molecule has 0 spiro atoms. The first kappa shape index (κ1) is 11.5. The van der Waals surface area contributed by atoms with E-state index in [-0.39, 0.29) is 0 Å². The van der Waals surface area contributed by atoms with Crippen molar-refractivity contribution in [1.82, 2.24) is 19.7 Å². The van der Waals surface area contributed by atoms with Gasteiger partial charge in [0, 0.05) is 7.05 Å². The highest BCUT2D eigenvalue weighted by Crippen LogP contribution is 2.28. The molecule has 2 aromatic rings. The SMILES string of the molecule is CCOC(=O)c1sc(N)nc1-c1ncnn1C. The highest BCUT2D eigenvalue weighted by molar-refractivity contribution is 7.17. The number of carbonyl (C=O) groups excluding carboxylic acids is 1. The third-order valence-corrected chi connectivity index (χ3v) is 2.89. The molecule has 0 radical (unpaired) electrons. The molecule has 0 aliphatic heterocycles. The lowest BCUT2D eigenvalue weighted by Crippen LogP contribution is -2.06. The van der Waals surface area contributed by atoms with Crippen LogP contribution in [0.3, 0.4) is 0 Å². The monoisotopic (exact) mass is 253 g/mol. The van der Waals surface area contributed by atoms with Gasteiger partial charge in [-0.1, -0.05) is 11.3 Å². The molecule has 0 fully saturated rings. The van der Waals surface area contributed by atoms with Gasteiger partial charge in [0.1, 0.15) is 16.9 Å². The molecular formula is C9H11N5O2S. The number of nitrogen functional groups attached to an aromatic ring is 1. The fraction of sp³-hybridized carbons (Fsp3) is 0.333. The van der Waals surface area contributed by atoms with Gasteiger partial charge in [0.15, 0.2) is 11.0 Å². The Hall–Kier alpha value is -1.96. The number of nitrogens with zero attached hydrogens (tertiary/aromatic N) is 4. The van der Waals surface area contributed by atoms with E-state index >= 15 is 0 Å². The second-order valence-electron chi connectivity index (χ2n) is 3.16. The maximum atomic E-state index is 11.7. The topological polar surface area (TPSA) is 95.9 Å². The summed E-state index contributed by atoms with van der Waals surface area (Å²) in [7, 11) is 1.72. The molecule has 17 heavy (non-hydrogen) atoms. The molecule has 0 saturated carbocycles. The molecule has 0 aliphatic carbocycles. The number of aryl methyl sites for hydroxylation is 1. The lowest BCUT2D eigenvalue weighted by molar-refractivity contribution is 0.0532. The quantitative estimate of drug-likeness (QED) is 0.809. The van der Waals surface area contributed by atoms with Crippen LogP contribution in [0.25, 0.3) is 11.5 Å². The van der Waals surface area contributed by atoms with Crippen LogP contribution in [0.2, 0.25) is 0 Å². The van der Waals surface area contributed by atoms with Crippen LogP contribution in [-0.4, -0.2) is 32.3 Å². The van der Waals surface area contributed by atoms with Crippen LogP contribution in [0, 0.1) is 0 Å². The van der Waals surface area contributed by atoms with Gasteiger partial charge in [0.25, 0.3) is 0 Å². The number of carbonyl (C=O) groups is 1. The number of anilines is 1. The summed E-state index contributed by atoms with van der Waals surface area (Å²) < 4.78 is 6.46. The number of esters is 1. The van der Waals surface area contributed by atoms with E-state index in [1.165, 1.54) is 11.0 Å². The molecule has 7 nitrogen and oxygen atoms in total. The van der Waals surface area contributed by atoms with E-state index in [9.17, 15) is 4.79 Å². The smallest absolute Gasteiger partial charge is 0.350 e. The lowest BCUT2D eigenvalue weighted by atomic mass is 10.3. The molecule has 0 saturated heterocycles. The molecule has 0 unspecified atom stereocenters. The highest BCUT2D eigenvalue weighted by atomic mass is 32.1. The van der Waals surface area contributed by atoms with Gasteiger partial charge >= 0.3 is 5.97 Å². The molecule has 2 N–H and O–H groups in total. The minimum absolute atomic E-state index is 0.297. The van der Waals surface area contributed by atoms with Crippen molar-refractivity contribution in [3.05, 3.63) is 11.2 Å². The summed E-state index contributed by atoms with van der Waals surface area (Å²) in [5.74, 6) is 0.0423. The van der Waals surface area contributed by atoms with Gasteiger partial charge in [0.05, 0.1) is 6.61 Å². The first-order valence-corrected chi connectivity index (χ1v) is 5.73. The fourth-order valence-corrected chi connectivity index (χ4v) is 2.06. The van der Waals surface area contributed by atoms with Gasteiger partial charge in [-0.2, -0.15) is 5.10 Å². The minimum Gasteiger partial charge on any atom is -0.462 e. The number of rotatable bonds is 3. The van der Waals surface area contributed by atoms with E-state index in [1.54, 1.807) is 14.0 Å². The first-order valence-electron chi connectivity index (χ1n) is 4.91. The summed E-state index contributed by atoms with van der Waals surface area (Å²) in [5, 5.41) is 4.22. The zero-order chi connectivity index (χ0) is 12.4. The van der Waals surface area contributed by atoms with Gasteiger partial charge in [-0.25, -0.2) is 19.4 Å². The standard InChI is InChI=1S/C9H11N5O2S/c1-3-16-8(15)6-5(13-9(10)17-6)7-11-4-12-14(7)2/h4H,3H2,1-2H3,(H2,10,13). The Labute approximate surface area is 101 Å². The van der Waals surface area contributed by atoms with Crippen LogP contribution >= 0.6 is 11.3 Å². The second-order valence-corrected chi connectivity index (χ2v) is 4.19. The molecule has 2 heterocycles. The van der Waals surface area contributed by atoms with E-state index in [0.717, 1.165) is 11.3 Å². The summed E-state index contributed by atoms with van der Waals surface area (Å²) in [6.07, 6.45) is 1.39. The summed E-state index contributed by atoms with van der Waals surface area (Å²) in [5.41, 5.74) is 6.02. The zero-order valence-electron chi connectivity index (χ0n) is 9.38. The fourth-order valence-electron chi connectivity index (χ4n) is 1.33. The predicted octanol–water partition coefficient (Wildman–Crippen LogP) is 0.698. The zero-order valence-corrected chi connectivity index (χ0v) is 10.2.